The third-order valence-corrected chi connectivity index (χ3v) is 8.23. The van der Waals surface area contributed by atoms with Crippen molar-refractivity contribution >= 4 is 39.2 Å². The minimum Gasteiger partial charge on any atom is -0.336 e. The molecule has 2 aliphatic rings. The molecule has 1 amide bonds. The van der Waals surface area contributed by atoms with Crippen LogP contribution in [0.2, 0.25) is 0 Å². The number of carbonyl (C=O) groups excluding carboxylic acids is 1. The molecular weight excluding hydrogens is 428 g/mol. The number of aromatic nitrogens is 2. The molecule has 0 spiro atoms. The van der Waals surface area contributed by atoms with E-state index in [0.29, 0.717) is 19.6 Å². The summed E-state index contributed by atoms with van der Waals surface area (Å²) in [6.45, 7) is 3.52. The monoisotopic (exact) mass is 454 g/mol. The van der Waals surface area contributed by atoms with Gasteiger partial charge in [0, 0.05) is 36.0 Å². The fraction of sp³-hybridized carbons (Fsp3) is 0.435. The highest BCUT2D eigenvalue weighted by molar-refractivity contribution is 7.98. The van der Waals surface area contributed by atoms with Crippen LogP contribution in [0.4, 0.5) is 0 Å². The van der Waals surface area contributed by atoms with Crippen molar-refractivity contribution in [3.8, 4) is 0 Å². The van der Waals surface area contributed by atoms with Crippen molar-refractivity contribution in [2.75, 3.05) is 32.4 Å². The molecule has 1 aliphatic heterocycles. The molecule has 1 aromatic carbocycles. The summed E-state index contributed by atoms with van der Waals surface area (Å²) in [7, 11) is 0. The standard InChI is InChI=1S/C23H26N4O2S2/c1-30-17-8-4-3-7-16(17)23(29)27-12-10-26(11-13-27)14-19-24-21(28)20-15-6-2-5-9-18(15)31-22(20)25-19/h3-4,7-8H,2,5-6,9-14H2,1H3,(H,24,25,28). The molecule has 8 heteroatoms. The zero-order valence-electron chi connectivity index (χ0n) is 17.6. The maximum atomic E-state index is 13.0. The van der Waals surface area contributed by atoms with E-state index in [2.05, 4.69) is 9.88 Å². The number of aryl methyl sites for hydroxylation is 2. The number of rotatable bonds is 4. The molecule has 0 saturated carbocycles. The molecule has 1 fully saturated rings. The Morgan fingerprint density at radius 2 is 1.94 bits per heavy atom. The second-order valence-corrected chi connectivity index (χ2v) is 10.1. The molecule has 1 N–H and O–H groups in total. The molecule has 3 heterocycles. The van der Waals surface area contributed by atoms with Crippen LogP contribution < -0.4 is 5.56 Å². The fourth-order valence-corrected chi connectivity index (χ4v) is 6.47. The van der Waals surface area contributed by atoms with E-state index in [1.165, 1.54) is 16.9 Å². The third-order valence-electron chi connectivity index (χ3n) is 6.24. The number of hydrogen-bond acceptors (Lipinski definition) is 6. The SMILES string of the molecule is CSc1ccccc1C(=O)N1CCN(Cc2nc3sc4c(c3c(=O)[nH]2)CCCC4)CC1. The van der Waals surface area contributed by atoms with Gasteiger partial charge in [-0.1, -0.05) is 12.1 Å². The van der Waals surface area contributed by atoms with Gasteiger partial charge in [0.2, 0.25) is 0 Å². The van der Waals surface area contributed by atoms with Crippen molar-refractivity contribution in [1.82, 2.24) is 19.8 Å². The number of hydrogen-bond donors (Lipinski definition) is 1. The first-order valence-electron chi connectivity index (χ1n) is 10.8. The second kappa shape index (κ2) is 8.76. The van der Waals surface area contributed by atoms with Gasteiger partial charge in [-0.2, -0.15) is 0 Å². The van der Waals surface area contributed by atoms with Gasteiger partial charge in [-0.25, -0.2) is 4.98 Å². The Labute approximate surface area is 189 Å². The van der Waals surface area contributed by atoms with E-state index in [0.717, 1.165) is 58.9 Å². The first-order chi connectivity index (χ1) is 15.1. The van der Waals surface area contributed by atoms with Gasteiger partial charge in [-0.3, -0.25) is 14.5 Å². The molecule has 1 aliphatic carbocycles. The summed E-state index contributed by atoms with van der Waals surface area (Å²) in [4.78, 5) is 41.0. The van der Waals surface area contributed by atoms with Gasteiger partial charge in [0.1, 0.15) is 10.7 Å². The van der Waals surface area contributed by atoms with Crippen LogP contribution in [0.3, 0.4) is 0 Å². The van der Waals surface area contributed by atoms with Gasteiger partial charge in [0.05, 0.1) is 17.5 Å². The molecule has 162 valence electrons. The van der Waals surface area contributed by atoms with Crippen LogP contribution in [0, 0.1) is 0 Å². The van der Waals surface area contributed by atoms with E-state index in [-0.39, 0.29) is 11.5 Å². The summed E-state index contributed by atoms with van der Waals surface area (Å²) in [5.74, 6) is 0.824. The number of benzene rings is 1. The molecular formula is C23H26N4O2S2. The number of nitrogens with zero attached hydrogens (tertiary/aromatic N) is 3. The van der Waals surface area contributed by atoms with Gasteiger partial charge in [0.25, 0.3) is 11.5 Å². The zero-order chi connectivity index (χ0) is 21.4. The van der Waals surface area contributed by atoms with Crippen LogP contribution in [0.15, 0.2) is 34.0 Å². The minimum absolute atomic E-state index is 0.00175. The molecule has 0 atom stereocenters. The van der Waals surface area contributed by atoms with Crippen LogP contribution >= 0.6 is 23.1 Å². The lowest BCUT2D eigenvalue weighted by atomic mass is 9.97. The maximum absolute atomic E-state index is 13.0. The van der Waals surface area contributed by atoms with E-state index in [1.54, 1.807) is 23.1 Å². The molecule has 0 bridgehead atoms. The van der Waals surface area contributed by atoms with E-state index in [1.807, 2.05) is 35.4 Å². The average Bonchev–Trinajstić information content (AvgIpc) is 3.18. The summed E-state index contributed by atoms with van der Waals surface area (Å²) in [6.07, 6.45) is 6.42. The number of aromatic amines is 1. The van der Waals surface area contributed by atoms with Crippen molar-refractivity contribution in [2.45, 2.75) is 37.1 Å². The smallest absolute Gasteiger partial charge is 0.259 e. The van der Waals surface area contributed by atoms with E-state index < -0.39 is 0 Å². The first-order valence-corrected chi connectivity index (χ1v) is 12.9. The molecule has 31 heavy (non-hydrogen) atoms. The Balaban J connectivity index is 1.27. The summed E-state index contributed by atoms with van der Waals surface area (Å²) in [5, 5.41) is 0.811. The number of thiophene rings is 1. The lowest BCUT2D eigenvalue weighted by Crippen LogP contribution is -2.48. The molecule has 6 nitrogen and oxygen atoms in total. The van der Waals surface area contributed by atoms with Crippen LogP contribution in [0.5, 0.6) is 0 Å². The van der Waals surface area contributed by atoms with Crippen LogP contribution in [0.1, 0.15) is 39.5 Å². The van der Waals surface area contributed by atoms with Gasteiger partial charge < -0.3 is 9.88 Å². The molecule has 3 aromatic rings. The largest absolute Gasteiger partial charge is 0.336 e. The first kappa shape index (κ1) is 20.7. The number of piperazine rings is 1. The predicted molar refractivity (Wildman–Crippen MR) is 126 cm³/mol. The second-order valence-electron chi connectivity index (χ2n) is 8.17. The minimum atomic E-state index is 0.00175. The number of carbonyl (C=O) groups is 1. The predicted octanol–water partition coefficient (Wildman–Crippen LogP) is 3.54. The number of fused-ring (bicyclic) bond motifs is 3. The van der Waals surface area contributed by atoms with Crippen molar-refractivity contribution in [1.29, 1.82) is 0 Å². The normalized spacial score (nSPS) is 17.1. The summed E-state index contributed by atoms with van der Waals surface area (Å²) >= 11 is 3.29. The third kappa shape index (κ3) is 4.04. The number of thioether (sulfide) groups is 1. The van der Waals surface area contributed by atoms with Gasteiger partial charge >= 0.3 is 0 Å². The zero-order valence-corrected chi connectivity index (χ0v) is 19.3. The van der Waals surface area contributed by atoms with Gasteiger partial charge in [-0.05, 0) is 49.6 Å². The molecule has 0 unspecified atom stereocenters. The van der Waals surface area contributed by atoms with Crippen molar-refractivity contribution in [3.05, 3.63) is 56.4 Å². The molecule has 0 radical (unpaired) electrons. The molecule has 1 saturated heterocycles. The Hall–Kier alpha value is -2.16. The Morgan fingerprint density at radius 3 is 2.74 bits per heavy atom. The Kier molecular flexibility index (Phi) is 5.86. The number of amides is 1. The van der Waals surface area contributed by atoms with E-state index >= 15 is 0 Å². The number of nitrogens with one attached hydrogen (secondary N) is 1. The molecule has 2 aromatic heterocycles. The number of H-pyrrole nitrogens is 1. The summed E-state index contributed by atoms with van der Waals surface area (Å²) in [6, 6.07) is 7.79. The van der Waals surface area contributed by atoms with Crippen LogP contribution in [-0.2, 0) is 19.4 Å². The van der Waals surface area contributed by atoms with Crippen LogP contribution in [0.25, 0.3) is 10.2 Å². The highest BCUT2D eigenvalue weighted by Gasteiger charge is 2.25. The topological polar surface area (TPSA) is 69.3 Å². The average molecular weight is 455 g/mol. The van der Waals surface area contributed by atoms with Crippen molar-refractivity contribution < 1.29 is 4.79 Å². The van der Waals surface area contributed by atoms with E-state index in [9.17, 15) is 9.59 Å². The quantitative estimate of drug-likeness (QED) is 0.611. The highest BCUT2D eigenvalue weighted by atomic mass is 32.2. The van der Waals surface area contributed by atoms with E-state index in [4.69, 9.17) is 4.98 Å². The van der Waals surface area contributed by atoms with Gasteiger partial charge in [-0.15, -0.1) is 23.1 Å². The Morgan fingerprint density at radius 1 is 1.16 bits per heavy atom. The lowest BCUT2D eigenvalue weighted by molar-refractivity contribution is 0.0622. The van der Waals surface area contributed by atoms with Gasteiger partial charge in [0.15, 0.2) is 0 Å². The fourth-order valence-electron chi connectivity index (χ4n) is 4.60. The summed E-state index contributed by atoms with van der Waals surface area (Å²) in [5.41, 5.74) is 2.01. The molecule has 5 rings (SSSR count). The maximum Gasteiger partial charge on any atom is 0.259 e. The van der Waals surface area contributed by atoms with Crippen molar-refractivity contribution in [2.24, 2.45) is 0 Å². The summed E-state index contributed by atoms with van der Waals surface area (Å²) < 4.78 is 0. The van der Waals surface area contributed by atoms with Crippen molar-refractivity contribution in [3.63, 3.8) is 0 Å². The highest BCUT2D eigenvalue weighted by Crippen LogP contribution is 2.33. The lowest BCUT2D eigenvalue weighted by Gasteiger charge is -2.34. The Bertz CT molecular complexity index is 1180. The van der Waals surface area contributed by atoms with Crippen LogP contribution in [-0.4, -0.2) is 58.1 Å².